The molecule has 4 rings (SSSR count). The number of carbonyl (C=O) groups is 1. The van der Waals surface area contributed by atoms with E-state index < -0.39 is 0 Å². The smallest absolute Gasteiger partial charge is 0.317 e. The van der Waals surface area contributed by atoms with Crippen LogP contribution in [0.4, 0.5) is 10.6 Å². The molecule has 0 saturated carbocycles. The highest BCUT2D eigenvalue weighted by molar-refractivity contribution is 6.33. The van der Waals surface area contributed by atoms with Crippen molar-refractivity contribution in [3.8, 4) is 11.4 Å². The molecule has 1 aliphatic rings. The van der Waals surface area contributed by atoms with E-state index in [0.29, 0.717) is 5.02 Å². The van der Waals surface area contributed by atoms with Crippen LogP contribution in [0.3, 0.4) is 0 Å². The van der Waals surface area contributed by atoms with Gasteiger partial charge in [-0.1, -0.05) is 23.7 Å². The Labute approximate surface area is 168 Å². The van der Waals surface area contributed by atoms with Crippen LogP contribution in [0.25, 0.3) is 22.4 Å². The topological polar surface area (TPSA) is 66.3 Å². The van der Waals surface area contributed by atoms with E-state index in [0.717, 1.165) is 47.7 Å². The fourth-order valence-corrected chi connectivity index (χ4v) is 3.95. The van der Waals surface area contributed by atoms with E-state index in [1.165, 1.54) is 0 Å². The Morgan fingerprint density at radius 1 is 1.36 bits per heavy atom. The second-order valence-electron chi connectivity index (χ2n) is 7.06. The van der Waals surface area contributed by atoms with Gasteiger partial charge in [0.15, 0.2) is 0 Å². The van der Waals surface area contributed by atoms with Crippen molar-refractivity contribution < 1.29 is 4.79 Å². The second-order valence-corrected chi connectivity index (χ2v) is 7.47. The van der Waals surface area contributed by atoms with Gasteiger partial charge >= 0.3 is 6.03 Å². The molecule has 1 fully saturated rings. The number of para-hydroxylation sites is 2. The fraction of sp³-hybridized carbons (Fsp3) is 0.350. The lowest BCUT2D eigenvalue weighted by Gasteiger charge is -2.25. The lowest BCUT2D eigenvalue weighted by Crippen LogP contribution is -2.43. The van der Waals surface area contributed by atoms with Crippen molar-refractivity contribution >= 4 is 34.5 Å². The van der Waals surface area contributed by atoms with Gasteiger partial charge in [-0.25, -0.2) is 14.8 Å². The average molecular weight is 399 g/mol. The standard InChI is InChI=1S/C20H23ClN6O/c1-22-20(28)25(2)13-8-9-27(12-13)18-10-14(15(21)11-23-18)19-24-16-6-4-5-7-17(16)26(19)3/h4-7,10-11,13H,8-9,12H2,1-3H3,(H,22,28). The van der Waals surface area contributed by atoms with Crippen molar-refractivity contribution in [3.63, 3.8) is 0 Å². The van der Waals surface area contributed by atoms with Crippen LogP contribution in [-0.2, 0) is 7.05 Å². The molecular formula is C20H23ClN6O. The molecule has 0 bridgehead atoms. The molecule has 146 valence electrons. The summed E-state index contributed by atoms with van der Waals surface area (Å²) in [4.78, 5) is 25.1. The van der Waals surface area contributed by atoms with Crippen molar-refractivity contribution in [3.05, 3.63) is 41.6 Å². The summed E-state index contributed by atoms with van der Waals surface area (Å²) in [5.41, 5.74) is 2.84. The van der Waals surface area contributed by atoms with E-state index >= 15 is 0 Å². The maximum atomic E-state index is 11.9. The van der Waals surface area contributed by atoms with Gasteiger partial charge in [-0.05, 0) is 24.6 Å². The molecule has 2 aromatic heterocycles. The summed E-state index contributed by atoms with van der Waals surface area (Å²) < 4.78 is 2.05. The predicted molar refractivity (Wildman–Crippen MR) is 112 cm³/mol. The number of benzene rings is 1. The van der Waals surface area contributed by atoms with Gasteiger partial charge in [-0.2, -0.15) is 0 Å². The highest BCUT2D eigenvalue weighted by Gasteiger charge is 2.29. The van der Waals surface area contributed by atoms with Crippen LogP contribution in [0.5, 0.6) is 0 Å². The summed E-state index contributed by atoms with van der Waals surface area (Å²) in [5.74, 6) is 1.66. The minimum absolute atomic E-state index is 0.0729. The zero-order chi connectivity index (χ0) is 19.8. The summed E-state index contributed by atoms with van der Waals surface area (Å²) in [6.07, 6.45) is 2.58. The van der Waals surface area contributed by atoms with Crippen LogP contribution < -0.4 is 10.2 Å². The Balaban J connectivity index is 1.65. The van der Waals surface area contributed by atoms with Crippen molar-refractivity contribution in [2.75, 3.05) is 32.1 Å². The van der Waals surface area contributed by atoms with Crippen LogP contribution in [0.15, 0.2) is 36.5 Å². The van der Waals surface area contributed by atoms with E-state index in [1.54, 1.807) is 18.1 Å². The Morgan fingerprint density at radius 3 is 2.89 bits per heavy atom. The van der Waals surface area contributed by atoms with E-state index in [1.807, 2.05) is 49.0 Å². The van der Waals surface area contributed by atoms with Crippen molar-refractivity contribution in [1.82, 2.24) is 24.8 Å². The van der Waals surface area contributed by atoms with Crippen LogP contribution in [0.1, 0.15) is 6.42 Å². The van der Waals surface area contributed by atoms with Gasteiger partial charge < -0.3 is 19.7 Å². The summed E-state index contributed by atoms with van der Waals surface area (Å²) >= 11 is 6.48. The number of hydrogen-bond acceptors (Lipinski definition) is 4. The number of anilines is 1. The molecule has 3 aromatic rings. The first-order valence-electron chi connectivity index (χ1n) is 9.26. The second kappa shape index (κ2) is 7.31. The molecule has 3 heterocycles. The van der Waals surface area contributed by atoms with Gasteiger partial charge in [-0.15, -0.1) is 0 Å². The minimum atomic E-state index is -0.0729. The third kappa shape index (κ3) is 3.16. The molecule has 0 radical (unpaired) electrons. The first-order chi connectivity index (χ1) is 13.5. The number of nitrogens with one attached hydrogen (secondary N) is 1. The molecule has 2 amide bonds. The number of amides is 2. The van der Waals surface area contributed by atoms with Crippen LogP contribution in [-0.4, -0.2) is 58.7 Å². The highest BCUT2D eigenvalue weighted by atomic mass is 35.5. The van der Waals surface area contributed by atoms with Crippen LogP contribution >= 0.6 is 11.6 Å². The predicted octanol–water partition coefficient (Wildman–Crippen LogP) is 3.14. The summed E-state index contributed by atoms with van der Waals surface area (Å²) in [6.45, 7) is 1.57. The molecule has 1 aliphatic heterocycles. The van der Waals surface area contributed by atoms with Gasteiger partial charge in [0.05, 0.1) is 22.1 Å². The molecule has 28 heavy (non-hydrogen) atoms. The van der Waals surface area contributed by atoms with E-state index in [4.69, 9.17) is 16.6 Å². The number of urea groups is 1. The van der Waals surface area contributed by atoms with Gasteiger partial charge in [0, 0.05) is 46.0 Å². The van der Waals surface area contributed by atoms with Crippen molar-refractivity contribution in [2.45, 2.75) is 12.5 Å². The van der Waals surface area contributed by atoms with E-state index in [9.17, 15) is 4.79 Å². The molecular weight excluding hydrogens is 376 g/mol. The minimum Gasteiger partial charge on any atom is -0.354 e. The number of fused-ring (bicyclic) bond motifs is 1. The summed E-state index contributed by atoms with van der Waals surface area (Å²) in [5, 5.41) is 3.25. The first kappa shape index (κ1) is 18.6. The Kier molecular flexibility index (Phi) is 4.85. The lowest BCUT2D eigenvalue weighted by atomic mass is 10.2. The Morgan fingerprint density at radius 2 is 2.14 bits per heavy atom. The molecule has 1 N–H and O–H groups in total. The molecule has 0 spiro atoms. The molecule has 1 atom stereocenters. The number of rotatable bonds is 3. The average Bonchev–Trinajstić information content (AvgIpc) is 3.33. The normalized spacial score (nSPS) is 16.6. The van der Waals surface area contributed by atoms with Gasteiger partial charge in [0.25, 0.3) is 0 Å². The maximum Gasteiger partial charge on any atom is 0.317 e. The largest absolute Gasteiger partial charge is 0.354 e. The Bertz CT molecular complexity index is 1030. The quantitative estimate of drug-likeness (QED) is 0.736. The van der Waals surface area contributed by atoms with Gasteiger partial charge in [0.1, 0.15) is 11.6 Å². The van der Waals surface area contributed by atoms with Gasteiger partial charge in [0.2, 0.25) is 0 Å². The molecule has 8 heteroatoms. The van der Waals surface area contributed by atoms with Crippen LogP contribution in [0.2, 0.25) is 5.02 Å². The number of carbonyl (C=O) groups excluding carboxylic acids is 1. The van der Waals surface area contributed by atoms with Crippen molar-refractivity contribution in [1.29, 1.82) is 0 Å². The van der Waals surface area contributed by atoms with Gasteiger partial charge in [-0.3, -0.25) is 0 Å². The molecule has 1 saturated heterocycles. The fourth-order valence-electron chi connectivity index (χ4n) is 3.77. The van der Waals surface area contributed by atoms with E-state index in [2.05, 4.69) is 15.2 Å². The first-order valence-corrected chi connectivity index (χ1v) is 9.64. The number of likely N-dealkylation sites (N-methyl/N-ethyl adjacent to an activating group) is 1. The molecule has 1 unspecified atom stereocenters. The van der Waals surface area contributed by atoms with Crippen molar-refractivity contribution in [2.24, 2.45) is 7.05 Å². The number of halogens is 1. The monoisotopic (exact) mass is 398 g/mol. The van der Waals surface area contributed by atoms with E-state index in [-0.39, 0.29) is 12.1 Å². The summed E-state index contributed by atoms with van der Waals surface area (Å²) in [7, 11) is 5.47. The molecule has 1 aromatic carbocycles. The number of aryl methyl sites for hydroxylation is 1. The molecule has 0 aliphatic carbocycles. The number of nitrogens with zero attached hydrogens (tertiary/aromatic N) is 5. The zero-order valence-corrected chi connectivity index (χ0v) is 16.9. The number of imidazole rings is 1. The van der Waals surface area contributed by atoms with Crippen LogP contribution in [0, 0.1) is 0 Å². The number of hydrogen-bond donors (Lipinski definition) is 1. The highest BCUT2D eigenvalue weighted by Crippen LogP contribution is 2.32. The Hall–Kier alpha value is -2.80. The zero-order valence-electron chi connectivity index (χ0n) is 16.2. The third-order valence-corrected chi connectivity index (χ3v) is 5.74. The maximum absolute atomic E-state index is 11.9. The number of pyridine rings is 1. The molecule has 7 nitrogen and oxygen atoms in total. The number of aromatic nitrogens is 3. The SMILES string of the molecule is CNC(=O)N(C)C1CCN(c2cc(-c3nc4ccccc4n3C)c(Cl)cn2)C1. The summed E-state index contributed by atoms with van der Waals surface area (Å²) in [6, 6.07) is 10.1. The lowest BCUT2D eigenvalue weighted by molar-refractivity contribution is 0.196. The third-order valence-electron chi connectivity index (χ3n) is 5.44.